The van der Waals surface area contributed by atoms with Crippen molar-refractivity contribution in [3.63, 3.8) is 0 Å². The molecule has 2 atom stereocenters. The Morgan fingerprint density at radius 3 is 2.68 bits per heavy atom. The number of carboxylic acids is 1. The third kappa shape index (κ3) is 7.22. The second-order valence-corrected chi connectivity index (χ2v) is 12.4. The van der Waals surface area contributed by atoms with Gasteiger partial charge >= 0.3 is 12.1 Å². The van der Waals surface area contributed by atoms with Crippen molar-refractivity contribution in [3.8, 4) is 11.3 Å². The number of hydrogen-bond acceptors (Lipinski definition) is 9. The molecule has 2 saturated heterocycles. The number of anilines is 3. The summed E-state index contributed by atoms with van der Waals surface area (Å²) < 4.78 is 70.6. The smallest absolute Gasteiger partial charge is 0.417 e. The molecule has 4 heterocycles. The normalized spacial score (nSPS) is 19.9. The number of rotatable bonds is 10. The molecule has 2 aliphatic heterocycles. The molecule has 2 aromatic heterocycles. The van der Waals surface area contributed by atoms with Crippen LogP contribution >= 0.6 is 22.9 Å². The first-order valence-electron chi connectivity index (χ1n) is 14.1. The van der Waals surface area contributed by atoms with Gasteiger partial charge in [-0.2, -0.15) is 17.6 Å². The summed E-state index contributed by atoms with van der Waals surface area (Å²) in [5.41, 5.74) is -0.410. The lowest BCUT2D eigenvalue weighted by atomic mass is 10.1. The molecule has 16 heteroatoms. The van der Waals surface area contributed by atoms with Gasteiger partial charge in [0.2, 0.25) is 5.82 Å². The van der Waals surface area contributed by atoms with Gasteiger partial charge in [0, 0.05) is 49.2 Å². The highest BCUT2D eigenvalue weighted by Gasteiger charge is 2.34. The van der Waals surface area contributed by atoms with Gasteiger partial charge in [-0.3, -0.25) is 14.6 Å². The van der Waals surface area contributed by atoms with Crippen LogP contribution < -0.4 is 10.2 Å². The lowest BCUT2D eigenvalue weighted by Gasteiger charge is -2.40. The van der Waals surface area contributed by atoms with Crippen LogP contribution in [0.3, 0.4) is 0 Å². The summed E-state index contributed by atoms with van der Waals surface area (Å²) in [5.74, 6) is -2.01. The second kappa shape index (κ2) is 13.5. The largest absolute Gasteiger partial charge is 0.481 e. The quantitative estimate of drug-likeness (QED) is 0.251. The molecule has 238 valence electrons. The van der Waals surface area contributed by atoms with E-state index in [1.54, 1.807) is 9.80 Å². The third-order valence-electron chi connectivity index (χ3n) is 7.97. The van der Waals surface area contributed by atoms with Gasteiger partial charge in [-0.25, -0.2) is 19.3 Å². The number of alkyl halides is 4. The molecule has 1 aromatic carbocycles. The van der Waals surface area contributed by atoms with Crippen molar-refractivity contribution >= 4 is 45.7 Å². The second-order valence-electron chi connectivity index (χ2n) is 10.9. The minimum Gasteiger partial charge on any atom is -0.481 e. The third-order valence-corrected chi connectivity index (χ3v) is 9.26. The molecule has 9 nitrogen and oxygen atoms in total. The first-order chi connectivity index (χ1) is 20.9. The van der Waals surface area contributed by atoms with Crippen molar-refractivity contribution < 1.29 is 31.9 Å². The maximum atomic E-state index is 15.8. The summed E-state index contributed by atoms with van der Waals surface area (Å²) in [6, 6.07) is 3.30. The molecule has 2 aliphatic rings. The predicted molar refractivity (Wildman–Crippen MR) is 158 cm³/mol. The van der Waals surface area contributed by atoms with Crippen LogP contribution in [0.4, 0.5) is 38.7 Å². The van der Waals surface area contributed by atoms with Crippen molar-refractivity contribution in [2.45, 2.75) is 51.0 Å². The van der Waals surface area contributed by atoms with E-state index in [9.17, 15) is 22.4 Å². The van der Waals surface area contributed by atoms with Crippen LogP contribution in [-0.2, 0) is 17.5 Å². The van der Waals surface area contributed by atoms with Crippen molar-refractivity contribution in [3.05, 3.63) is 45.8 Å². The van der Waals surface area contributed by atoms with Crippen LogP contribution in [0.15, 0.2) is 24.5 Å². The Morgan fingerprint density at radius 2 is 2.00 bits per heavy atom. The molecule has 0 amide bonds. The monoisotopic (exact) mass is 659 g/mol. The van der Waals surface area contributed by atoms with Crippen LogP contribution in [0.1, 0.15) is 36.6 Å². The summed E-state index contributed by atoms with van der Waals surface area (Å²) in [4.78, 5) is 29.9. The van der Waals surface area contributed by atoms with Crippen LogP contribution in [0.2, 0.25) is 5.02 Å². The van der Waals surface area contributed by atoms with Crippen molar-refractivity contribution in [2.24, 2.45) is 0 Å². The highest BCUT2D eigenvalue weighted by atomic mass is 35.5. The molecule has 44 heavy (non-hydrogen) atoms. The molecular weight excluding hydrogens is 629 g/mol. The highest BCUT2D eigenvalue weighted by molar-refractivity contribution is 7.16. The fourth-order valence-corrected chi connectivity index (χ4v) is 6.81. The Bertz CT molecular complexity index is 1490. The number of halogens is 6. The zero-order valence-corrected chi connectivity index (χ0v) is 25.3. The molecule has 2 fully saturated rings. The average Bonchev–Trinajstić information content (AvgIpc) is 3.57. The molecule has 2 N–H and O–H groups in total. The number of benzene rings is 1. The lowest BCUT2D eigenvalue weighted by molar-refractivity contribution is -0.138. The number of aliphatic carboxylic acids is 1. The first kappa shape index (κ1) is 32.3. The molecule has 5 rings (SSSR count). The fourth-order valence-electron chi connectivity index (χ4n) is 5.57. The number of carboxylic acid groups (broad SMARTS) is 1. The van der Waals surface area contributed by atoms with Crippen LogP contribution in [0, 0.1) is 5.82 Å². The predicted octanol–water partition coefficient (Wildman–Crippen LogP) is 6.07. The number of hydrogen-bond donors (Lipinski definition) is 2. The Kier molecular flexibility index (Phi) is 9.87. The van der Waals surface area contributed by atoms with Gasteiger partial charge in [0.25, 0.3) is 0 Å². The number of aromatic nitrogens is 3. The van der Waals surface area contributed by atoms with Gasteiger partial charge < -0.3 is 15.3 Å². The van der Waals surface area contributed by atoms with E-state index in [4.69, 9.17) is 16.7 Å². The van der Waals surface area contributed by atoms with Gasteiger partial charge in [-0.05, 0) is 38.4 Å². The van der Waals surface area contributed by atoms with Gasteiger partial charge in [-0.15, -0.1) is 0 Å². The summed E-state index contributed by atoms with van der Waals surface area (Å²) in [7, 11) is 0. The topological polar surface area (TPSA) is 97.7 Å². The van der Waals surface area contributed by atoms with Crippen LogP contribution in [-0.4, -0.2) is 87.3 Å². The van der Waals surface area contributed by atoms with Crippen LogP contribution in [0.5, 0.6) is 0 Å². The molecule has 3 aromatic rings. The highest BCUT2D eigenvalue weighted by Crippen LogP contribution is 2.40. The van der Waals surface area contributed by atoms with Gasteiger partial charge in [0.1, 0.15) is 13.0 Å². The van der Waals surface area contributed by atoms with E-state index in [0.717, 1.165) is 31.8 Å². The molecule has 0 spiro atoms. The van der Waals surface area contributed by atoms with E-state index in [-0.39, 0.29) is 47.9 Å². The standard InChI is InChI=1S/C28H31ClF5N7O2S/c1-16-3-2-7-40(16)14-21-24(17-4-5-20(29)19(11-17)28(32,33)34)37-27(44-21)38-25-23(31)26(36-15-35-25)41-10-9-39(8-6-22(42)43)18(12-30)13-41/h4-5,11,15-16,18H,2-3,6-10,12-14H2,1H3,(H,42,43)(H,35,36,37,38)/t16-,18-/m1/s1. The Morgan fingerprint density at radius 1 is 1.20 bits per heavy atom. The SMILES string of the molecule is C[C@@H]1CCCN1Cc1sc(Nc2ncnc(N3CCN(CCC(=O)O)[C@H](CF)C3)c2F)nc1-c1ccc(Cl)c(C(F)(F)F)c1. The van der Waals surface area contributed by atoms with E-state index in [0.29, 0.717) is 30.2 Å². The van der Waals surface area contributed by atoms with Crippen LogP contribution in [0.25, 0.3) is 11.3 Å². The zero-order valence-electron chi connectivity index (χ0n) is 23.7. The zero-order chi connectivity index (χ0) is 31.6. The maximum absolute atomic E-state index is 15.8. The Hall–Kier alpha value is -3.14. The molecular formula is C28H31ClF5N7O2S. The molecule has 0 bridgehead atoms. The van der Waals surface area contributed by atoms with Gasteiger partial charge in [0.15, 0.2) is 16.8 Å². The van der Waals surface area contributed by atoms with E-state index < -0.39 is 41.3 Å². The number of likely N-dealkylation sites (tertiary alicyclic amines) is 1. The lowest BCUT2D eigenvalue weighted by Crippen LogP contribution is -2.55. The van der Waals surface area contributed by atoms with E-state index >= 15 is 4.39 Å². The maximum Gasteiger partial charge on any atom is 0.417 e. The summed E-state index contributed by atoms with van der Waals surface area (Å²) >= 11 is 7.06. The van der Waals surface area contributed by atoms with E-state index in [1.165, 1.54) is 23.5 Å². The van der Waals surface area contributed by atoms with E-state index in [1.807, 2.05) is 0 Å². The number of nitrogens with one attached hydrogen (secondary N) is 1. The minimum absolute atomic E-state index is 0.0470. The number of piperazine rings is 1. The number of carbonyl (C=O) groups is 1. The number of nitrogens with zero attached hydrogens (tertiary/aromatic N) is 6. The van der Waals surface area contributed by atoms with Crippen molar-refractivity contribution in [1.82, 2.24) is 24.8 Å². The van der Waals surface area contributed by atoms with Gasteiger partial charge in [-0.1, -0.05) is 29.0 Å². The molecule has 0 saturated carbocycles. The summed E-state index contributed by atoms with van der Waals surface area (Å²) in [6.07, 6.45) is -1.61. The Balaban J connectivity index is 1.42. The number of thiazole rings is 1. The van der Waals surface area contributed by atoms with Gasteiger partial charge in [0.05, 0.1) is 28.7 Å². The molecule has 0 unspecified atom stereocenters. The first-order valence-corrected chi connectivity index (χ1v) is 15.3. The minimum atomic E-state index is -4.66. The average molecular weight is 660 g/mol. The Labute approximate surface area is 259 Å². The van der Waals surface area contributed by atoms with Crippen molar-refractivity contribution in [1.29, 1.82) is 0 Å². The van der Waals surface area contributed by atoms with Crippen molar-refractivity contribution in [2.75, 3.05) is 49.6 Å². The van der Waals surface area contributed by atoms with E-state index in [2.05, 4.69) is 32.1 Å². The molecule has 0 aliphatic carbocycles. The summed E-state index contributed by atoms with van der Waals surface area (Å²) in [6.45, 7) is 3.53. The molecule has 0 radical (unpaired) electrons. The fraction of sp³-hybridized carbons (Fsp3) is 0.500. The summed E-state index contributed by atoms with van der Waals surface area (Å²) in [5, 5.41) is 11.7.